The third kappa shape index (κ3) is 2.07. The molecule has 1 aromatic carbocycles. The smallest absolute Gasteiger partial charge is 0.337 e. The van der Waals surface area contributed by atoms with Crippen molar-refractivity contribution in [3.63, 3.8) is 0 Å². The van der Waals surface area contributed by atoms with E-state index in [0.717, 1.165) is 24.4 Å². The second kappa shape index (κ2) is 4.76. The fraction of sp³-hybridized carbons (Fsp3) is 0.500. The summed E-state index contributed by atoms with van der Waals surface area (Å²) in [6.07, 6.45) is 6.01. The predicted octanol–water partition coefficient (Wildman–Crippen LogP) is 2.73. The van der Waals surface area contributed by atoms with Crippen molar-refractivity contribution in [3.05, 3.63) is 29.6 Å². The van der Waals surface area contributed by atoms with Crippen LogP contribution in [0, 0.1) is 0 Å². The quantitative estimate of drug-likeness (QED) is 0.942. The number of para-hydroxylation sites is 1. The minimum Gasteiger partial charge on any atom is -0.478 e. The summed E-state index contributed by atoms with van der Waals surface area (Å²) < 4.78 is 2.21. The maximum Gasteiger partial charge on any atom is 0.337 e. The Hall–Kier alpha value is -2.04. The normalized spacial score (nSPS) is 19.1. The summed E-state index contributed by atoms with van der Waals surface area (Å²) in [5, 5.41) is 11.7. The molecule has 1 aliphatic carbocycles. The number of carboxylic acid groups (broad SMARTS) is 1. The number of rotatable bonds is 3. The molecule has 0 spiro atoms. The molecule has 5 heteroatoms. The van der Waals surface area contributed by atoms with Gasteiger partial charge in [-0.15, -0.1) is 0 Å². The predicted molar refractivity (Wildman–Crippen MR) is 80.5 cm³/mol. The lowest BCUT2D eigenvalue weighted by Gasteiger charge is -2.31. The molecule has 0 atom stereocenters. The molecule has 0 bridgehead atoms. The number of fused-ring (bicyclic) bond motifs is 1. The summed E-state index contributed by atoms with van der Waals surface area (Å²) in [5.74, 6) is 0.660. The zero-order valence-electron chi connectivity index (χ0n) is 12.0. The molecule has 1 saturated heterocycles. The van der Waals surface area contributed by atoms with Crippen LogP contribution in [-0.2, 0) is 0 Å². The van der Waals surface area contributed by atoms with Crippen LogP contribution in [0.25, 0.3) is 11.0 Å². The third-order valence-electron chi connectivity index (χ3n) is 4.47. The Balaban J connectivity index is 1.91. The highest BCUT2D eigenvalue weighted by atomic mass is 16.4. The molecule has 2 aliphatic rings. The minimum absolute atomic E-state index is 0.310. The number of imidazole rings is 1. The largest absolute Gasteiger partial charge is 0.478 e. The van der Waals surface area contributed by atoms with Gasteiger partial charge in [-0.2, -0.15) is 0 Å². The molecule has 1 aliphatic heterocycles. The first-order valence-corrected chi connectivity index (χ1v) is 7.75. The van der Waals surface area contributed by atoms with Crippen LogP contribution >= 0.6 is 0 Å². The molecule has 1 aromatic heterocycles. The second-order valence-corrected chi connectivity index (χ2v) is 6.05. The number of benzene rings is 1. The molecule has 110 valence electrons. The van der Waals surface area contributed by atoms with Crippen molar-refractivity contribution < 1.29 is 9.90 Å². The maximum atomic E-state index is 11.4. The summed E-state index contributed by atoms with van der Waals surface area (Å²) in [6, 6.07) is 5.47. The van der Waals surface area contributed by atoms with Crippen molar-refractivity contribution in [3.8, 4) is 0 Å². The Bertz CT molecular complexity index is 697. The SMILES string of the molecule is O=C(O)c1cccc2c1nc(C1CC1)n2N1CCCCC1. The van der Waals surface area contributed by atoms with Gasteiger partial charge < -0.3 is 10.1 Å². The number of aromatic carboxylic acids is 1. The van der Waals surface area contributed by atoms with E-state index in [1.807, 2.05) is 12.1 Å². The standard InChI is InChI=1S/C16H19N3O2/c20-16(21)12-5-4-6-13-14(12)17-15(11-7-8-11)19(13)18-9-2-1-3-10-18/h4-6,11H,1-3,7-10H2,(H,20,21). The van der Waals surface area contributed by atoms with Crippen LogP contribution in [-0.4, -0.2) is 33.8 Å². The molecule has 0 radical (unpaired) electrons. The topological polar surface area (TPSA) is 58.4 Å². The first kappa shape index (κ1) is 12.7. The van der Waals surface area contributed by atoms with Gasteiger partial charge >= 0.3 is 5.97 Å². The summed E-state index contributed by atoms with van der Waals surface area (Å²) in [4.78, 5) is 16.1. The number of aromatic nitrogens is 2. The van der Waals surface area contributed by atoms with Gasteiger partial charge in [-0.05, 0) is 44.2 Å². The van der Waals surface area contributed by atoms with Crippen LogP contribution in [0.4, 0.5) is 0 Å². The average molecular weight is 285 g/mol. The van der Waals surface area contributed by atoms with Gasteiger partial charge in [-0.3, -0.25) is 0 Å². The molecule has 5 nitrogen and oxygen atoms in total. The van der Waals surface area contributed by atoms with Gasteiger partial charge in [0.2, 0.25) is 0 Å². The second-order valence-electron chi connectivity index (χ2n) is 6.05. The zero-order valence-corrected chi connectivity index (χ0v) is 12.0. The third-order valence-corrected chi connectivity index (χ3v) is 4.47. The molecule has 2 fully saturated rings. The van der Waals surface area contributed by atoms with Gasteiger partial charge in [0.25, 0.3) is 0 Å². The molecule has 1 saturated carbocycles. The molecule has 2 aromatic rings. The fourth-order valence-corrected chi connectivity index (χ4v) is 3.26. The number of nitrogens with zero attached hydrogens (tertiary/aromatic N) is 3. The van der Waals surface area contributed by atoms with Gasteiger partial charge in [0.15, 0.2) is 0 Å². The molecule has 4 rings (SSSR count). The van der Waals surface area contributed by atoms with E-state index in [9.17, 15) is 9.90 Å². The van der Waals surface area contributed by atoms with Crippen LogP contribution in [0.1, 0.15) is 54.2 Å². The number of carbonyl (C=O) groups is 1. The average Bonchev–Trinajstić information content (AvgIpc) is 3.27. The Labute approximate surface area is 123 Å². The number of hydrogen-bond acceptors (Lipinski definition) is 3. The van der Waals surface area contributed by atoms with Crippen LogP contribution in [0.5, 0.6) is 0 Å². The van der Waals surface area contributed by atoms with Crippen molar-refractivity contribution in [2.24, 2.45) is 0 Å². The first-order valence-electron chi connectivity index (χ1n) is 7.75. The lowest BCUT2D eigenvalue weighted by molar-refractivity contribution is 0.0699. The van der Waals surface area contributed by atoms with E-state index in [4.69, 9.17) is 4.98 Å². The molecular formula is C16H19N3O2. The van der Waals surface area contributed by atoms with Crippen LogP contribution in [0.3, 0.4) is 0 Å². The van der Waals surface area contributed by atoms with Crippen molar-refractivity contribution >= 4 is 17.0 Å². The molecule has 1 N–H and O–H groups in total. The molecule has 0 amide bonds. The highest BCUT2D eigenvalue weighted by Crippen LogP contribution is 2.41. The van der Waals surface area contributed by atoms with Crippen molar-refractivity contribution in [1.82, 2.24) is 9.66 Å². The Morgan fingerprint density at radius 1 is 1.19 bits per heavy atom. The first-order chi connectivity index (χ1) is 10.3. The fourth-order valence-electron chi connectivity index (χ4n) is 3.26. The zero-order chi connectivity index (χ0) is 14.4. The lowest BCUT2D eigenvalue weighted by Crippen LogP contribution is -2.40. The highest BCUT2D eigenvalue weighted by molar-refractivity contribution is 6.01. The summed E-state index contributed by atoms with van der Waals surface area (Å²) in [6.45, 7) is 2.06. The van der Waals surface area contributed by atoms with Crippen molar-refractivity contribution in [2.45, 2.75) is 38.0 Å². The summed E-state index contributed by atoms with van der Waals surface area (Å²) >= 11 is 0. The molecular weight excluding hydrogens is 266 g/mol. The van der Waals surface area contributed by atoms with E-state index in [2.05, 4.69) is 9.69 Å². The molecule has 2 heterocycles. The Morgan fingerprint density at radius 3 is 2.62 bits per heavy atom. The molecule has 21 heavy (non-hydrogen) atoms. The van der Waals surface area contributed by atoms with Gasteiger partial charge in [0.1, 0.15) is 11.3 Å². The van der Waals surface area contributed by atoms with Crippen molar-refractivity contribution in [1.29, 1.82) is 0 Å². The van der Waals surface area contributed by atoms with Gasteiger partial charge in [0.05, 0.1) is 11.1 Å². The maximum absolute atomic E-state index is 11.4. The van der Waals surface area contributed by atoms with Crippen LogP contribution in [0.2, 0.25) is 0 Å². The van der Waals surface area contributed by atoms with Crippen LogP contribution in [0.15, 0.2) is 18.2 Å². The highest BCUT2D eigenvalue weighted by Gasteiger charge is 2.32. The Kier molecular flexibility index (Phi) is 2.87. The van der Waals surface area contributed by atoms with Gasteiger partial charge in [-0.1, -0.05) is 6.07 Å². The van der Waals surface area contributed by atoms with E-state index in [1.54, 1.807) is 6.07 Å². The van der Waals surface area contributed by atoms with E-state index in [0.29, 0.717) is 17.0 Å². The van der Waals surface area contributed by atoms with E-state index < -0.39 is 5.97 Å². The monoisotopic (exact) mass is 285 g/mol. The number of hydrogen-bond donors (Lipinski definition) is 1. The summed E-state index contributed by atoms with van der Waals surface area (Å²) in [5.41, 5.74) is 1.89. The summed E-state index contributed by atoms with van der Waals surface area (Å²) in [7, 11) is 0. The van der Waals surface area contributed by atoms with Crippen LogP contribution < -0.4 is 5.01 Å². The van der Waals surface area contributed by atoms with Crippen molar-refractivity contribution in [2.75, 3.05) is 18.1 Å². The molecule has 0 unspecified atom stereocenters. The lowest BCUT2D eigenvalue weighted by atomic mass is 10.1. The Morgan fingerprint density at radius 2 is 1.95 bits per heavy atom. The van der Waals surface area contributed by atoms with E-state index in [-0.39, 0.29) is 0 Å². The number of carboxylic acids is 1. The van der Waals surface area contributed by atoms with E-state index >= 15 is 0 Å². The van der Waals surface area contributed by atoms with Gasteiger partial charge in [0, 0.05) is 19.0 Å². The van der Waals surface area contributed by atoms with Gasteiger partial charge in [-0.25, -0.2) is 14.5 Å². The minimum atomic E-state index is -0.897. The van der Waals surface area contributed by atoms with E-state index in [1.165, 1.54) is 32.1 Å². The number of piperidine rings is 1.